The van der Waals surface area contributed by atoms with E-state index in [1.165, 1.54) is 0 Å². The van der Waals surface area contributed by atoms with Gasteiger partial charge in [0, 0.05) is 25.2 Å². The number of phenols is 1. The molecule has 2 aromatic carbocycles. The molecular weight excluding hydrogens is 266 g/mol. The topological polar surface area (TPSA) is 49.8 Å². The molecule has 0 fully saturated rings. The molecule has 0 unspecified atom stereocenters. The zero-order chi connectivity index (χ0) is 15.2. The van der Waals surface area contributed by atoms with Crippen molar-refractivity contribution < 1.29 is 14.6 Å². The van der Waals surface area contributed by atoms with Gasteiger partial charge in [-0.05, 0) is 36.2 Å². The van der Waals surface area contributed by atoms with Gasteiger partial charge in [-0.1, -0.05) is 18.2 Å². The lowest BCUT2D eigenvalue weighted by Crippen LogP contribution is -2.26. The molecule has 2 aromatic rings. The summed E-state index contributed by atoms with van der Waals surface area (Å²) in [7, 11) is 3.34. The fourth-order valence-electron chi connectivity index (χ4n) is 2.06. The molecule has 0 saturated carbocycles. The molecule has 0 atom stereocenters. The van der Waals surface area contributed by atoms with E-state index in [-0.39, 0.29) is 11.7 Å². The van der Waals surface area contributed by atoms with E-state index in [2.05, 4.69) is 0 Å². The number of methoxy groups -OCH3 is 1. The highest BCUT2D eigenvalue weighted by molar-refractivity contribution is 5.93. The summed E-state index contributed by atoms with van der Waals surface area (Å²) in [6, 6.07) is 14.4. The van der Waals surface area contributed by atoms with Gasteiger partial charge < -0.3 is 14.7 Å². The highest BCUT2D eigenvalue weighted by Crippen LogP contribution is 2.20. The zero-order valence-corrected chi connectivity index (χ0v) is 12.2. The van der Waals surface area contributed by atoms with E-state index < -0.39 is 0 Å². The van der Waals surface area contributed by atoms with Crippen LogP contribution in [0.3, 0.4) is 0 Å². The van der Waals surface area contributed by atoms with Crippen LogP contribution in [-0.4, -0.2) is 25.2 Å². The molecule has 0 aliphatic carbocycles. The third-order valence-electron chi connectivity index (χ3n) is 3.38. The van der Waals surface area contributed by atoms with Crippen molar-refractivity contribution in [3.63, 3.8) is 0 Å². The number of aryl methyl sites for hydroxylation is 1. The van der Waals surface area contributed by atoms with E-state index in [4.69, 9.17) is 4.74 Å². The van der Waals surface area contributed by atoms with E-state index in [1.54, 1.807) is 43.3 Å². The summed E-state index contributed by atoms with van der Waals surface area (Å²) in [5.41, 5.74) is 1.78. The van der Waals surface area contributed by atoms with Crippen LogP contribution in [0.15, 0.2) is 48.5 Å². The van der Waals surface area contributed by atoms with Gasteiger partial charge in [-0.2, -0.15) is 0 Å². The monoisotopic (exact) mass is 285 g/mol. The standard InChI is InChI=1S/C17H19NO3/c1-18(14-4-3-5-15(19)12-14)17(20)11-8-13-6-9-16(21-2)10-7-13/h3-7,9-10,12,19H,8,11H2,1-2H3. The SMILES string of the molecule is COc1ccc(CCC(=O)N(C)c2cccc(O)c2)cc1. The maximum atomic E-state index is 12.2. The molecule has 0 aliphatic rings. The minimum absolute atomic E-state index is 0.0106. The molecule has 21 heavy (non-hydrogen) atoms. The molecule has 1 N–H and O–H groups in total. The maximum absolute atomic E-state index is 12.2. The summed E-state index contributed by atoms with van der Waals surface area (Å²) in [5.74, 6) is 0.973. The van der Waals surface area contributed by atoms with Crippen LogP contribution >= 0.6 is 0 Å². The van der Waals surface area contributed by atoms with Gasteiger partial charge in [0.25, 0.3) is 0 Å². The first-order valence-electron chi connectivity index (χ1n) is 6.78. The van der Waals surface area contributed by atoms with Gasteiger partial charge in [-0.25, -0.2) is 0 Å². The third-order valence-corrected chi connectivity index (χ3v) is 3.38. The second-order valence-electron chi connectivity index (χ2n) is 4.82. The Morgan fingerprint density at radius 3 is 2.52 bits per heavy atom. The van der Waals surface area contributed by atoms with E-state index in [0.717, 1.165) is 11.3 Å². The Labute approximate surface area is 124 Å². The number of ether oxygens (including phenoxy) is 1. The number of hydrogen-bond donors (Lipinski definition) is 1. The first-order chi connectivity index (χ1) is 10.1. The summed E-state index contributed by atoms with van der Waals surface area (Å²) in [6.07, 6.45) is 1.09. The Morgan fingerprint density at radius 2 is 1.90 bits per heavy atom. The van der Waals surface area contributed by atoms with Crippen LogP contribution in [-0.2, 0) is 11.2 Å². The van der Waals surface area contributed by atoms with Crippen molar-refractivity contribution in [3.05, 3.63) is 54.1 Å². The zero-order valence-electron chi connectivity index (χ0n) is 12.2. The van der Waals surface area contributed by atoms with Crippen molar-refractivity contribution in [3.8, 4) is 11.5 Å². The quantitative estimate of drug-likeness (QED) is 0.918. The second kappa shape index (κ2) is 6.79. The molecule has 4 heteroatoms. The Balaban J connectivity index is 1.94. The van der Waals surface area contributed by atoms with E-state index in [9.17, 15) is 9.90 Å². The number of amides is 1. The Bertz CT molecular complexity index is 608. The average molecular weight is 285 g/mol. The minimum atomic E-state index is 0.0106. The maximum Gasteiger partial charge on any atom is 0.227 e. The fourth-order valence-corrected chi connectivity index (χ4v) is 2.06. The van der Waals surface area contributed by atoms with Gasteiger partial charge in [0.15, 0.2) is 0 Å². The van der Waals surface area contributed by atoms with E-state index >= 15 is 0 Å². The normalized spacial score (nSPS) is 10.2. The number of anilines is 1. The van der Waals surface area contributed by atoms with Crippen molar-refractivity contribution >= 4 is 11.6 Å². The fraction of sp³-hybridized carbons (Fsp3) is 0.235. The number of carbonyl (C=O) groups is 1. The minimum Gasteiger partial charge on any atom is -0.508 e. The number of benzene rings is 2. The van der Waals surface area contributed by atoms with Crippen molar-refractivity contribution in [2.45, 2.75) is 12.8 Å². The molecule has 0 saturated heterocycles. The van der Waals surface area contributed by atoms with Crippen LogP contribution in [0.4, 0.5) is 5.69 Å². The van der Waals surface area contributed by atoms with Crippen LogP contribution in [0.5, 0.6) is 11.5 Å². The first-order valence-corrected chi connectivity index (χ1v) is 6.78. The van der Waals surface area contributed by atoms with Crippen LogP contribution in [0.1, 0.15) is 12.0 Å². The largest absolute Gasteiger partial charge is 0.508 e. The molecule has 0 aromatic heterocycles. The lowest BCUT2D eigenvalue weighted by molar-refractivity contribution is -0.118. The predicted octanol–water partition coefficient (Wildman–Crippen LogP) is 3.00. The summed E-state index contributed by atoms with van der Waals surface area (Å²) in [6.45, 7) is 0. The number of phenolic OH excluding ortho intramolecular Hbond substituents is 1. The highest BCUT2D eigenvalue weighted by Gasteiger charge is 2.11. The van der Waals surface area contributed by atoms with Crippen molar-refractivity contribution in [2.75, 3.05) is 19.1 Å². The molecule has 110 valence electrons. The van der Waals surface area contributed by atoms with Gasteiger partial charge in [-0.15, -0.1) is 0 Å². The molecule has 4 nitrogen and oxygen atoms in total. The summed E-state index contributed by atoms with van der Waals surface area (Å²) >= 11 is 0. The number of aromatic hydroxyl groups is 1. The third kappa shape index (κ3) is 3.99. The van der Waals surface area contributed by atoms with Crippen molar-refractivity contribution in [2.24, 2.45) is 0 Å². The van der Waals surface area contributed by atoms with E-state index in [0.29, 0.717) is 18.5 Å². The summed E-state index contributed by atoms with van der Waals surface area (Å²) in [4.78, 5) is 13.7. The van der Waals surface area contributed by atoms with Crippen LogP contribution in [0, 0.1) is 0 Å². The van der Waals surface area contributed by atoms with Crippen LogP contribution in [0.2, 0.25) is 0 Å². The first kappa shape index (κ1) is 14.9. The number of hydrogen-bond acceptors (Lipinski definition) is 3. The number of rotatable bonds is 5. The Hall–Kier alpha value is -2.49. The number of carbonyl (C=O) groups excluding carboxylic acids is 1. The number of nitrogens with zero attached hydrogens (tertiary/aromatic N) is 1. The molecular formula is C17H19NO3. The summed E-state index contributed by atoms with van der Waals surface area (Å²) < 4.78 is 5.10. The van der Waals surface area contributed by atoms with Gasteiger partial charge in [0.2, 0.25) is 5.91 Å². The summed E-state index contributed by atoms with van der Waals surface area (Å²) in [5, 5.41) is 9.45. The molecule has 0 radical (unpaired) electrons. The predicted molar refractivity (Wildman–Crippen MR) is 82.8 cm³/mol. The van der Waals surface area contributed by atoms with Crippen molar-refractivity contribution in [1.29, 1.82) is 0 Å². The molecule has 0 aliphatic heterocycles. The van der Waals surface area contributed by atoms with Gasteiger partial charge in [-0.3, -0.25) is 4.79 Å². The van der Waals surface area contributed by atoms with Gasteiger partial charge in [0.05, 0.1) is 7.11 Å². The van der Waals surface area contributed by atoms with Crippen LogP contribution < -0.4 is 9.64 Å². The average Bonchev–Trinajstić information content (AvgIpc) is 2.52. The van der Waals surface area contributed by atoms with Gasteiger partial charge in [0.1, 0.15) is 11.5 Å². The lowest BCUT2D eigenvalue weighted by atomic mass is 10.1. The smallest absolute Gasteiger partial charge is 0.227 e. The molecule has 2 rings (SSSR count). The molecule has 0 bridgehead atoms. The Morgan fingerprint density at radius 1 is 1.19 bits per heavy atom. The molecule has 0 spiro atoms. The second-order valence-corrected chi connectivity index (χ2v) is 4.82. The molecule has 1 amide bonds. The van der Waals surface area contributed by atoms with Gasteiger partial charge >= 0.3 is 0 Å². The Kier molecular flexibility index (Phi) is 4.82. The van der Waals surface area contributed by atoms with E-state index in [1.807, 2.05) is 24.3 Å². The molecule has 0 heterocycles. The van der Waals surface area contributed by atoms with Crippen LogP contribution in [0.25, 0.3) is 0 Å². The van der Waals surface area contributed by atoms with Crippen molar-refractivity contribution in [1.82, 2.24) is 0 Å². The highest BCUT2D eigenvalue weighted by atomic mass is 16.5. The lowest BCUT2D eigenvalue weighted by Gasteiger charge is -2.17.